The molecule has 0 saturated carbocycles. The molecule has 1 aliphatic rings. The maximum Gasteiger partial charge on any atom is 0.332 e. The molecule has 0 amide bonds. The Balaban J connectivity index is 1.60. The van der Waals surface area contributed by atoms with Crippen LogP contribution in [0, 0.1) is 0 Å². The highest BCUT2D eigenvalue weighted by Gasteiger charge is 2.22. The first-order valence-corrected chi connectivity index (χ1v) is 13.8. The van der Waals surface area contributed by atoms with Gasteiger partial charge in [-0.2, -0.15) is 0 Å². The van der Waals surface area contributed by atoms with Crippen LogP contribution < -0.4 is 16.0 Å². The standard InChI is InChI=1S/C24H29ClN4O4S/c1-5-28-22-21(23(30)29(6-2)24(28)31)27(3)20(26-22)10-8-16-7-9-19(18(25)15-16)33-17-11-13-34(4,32)14-12-17/h7-10,15,17H,4-6,11-14H2,1-3H3/b10-8+. The van der Waals surface area contributed by atoms with Gasteiger partial charge in [0.1, 0.15) is 17.7 Å². The maximum absolute atomic E-state index is 12.9. The zero-order chi connectivity index (χ0) is 24.6. The van der Waals surface area contributed by atoms with Crippen LogP contribution in [-0.4, -0.2) is 46.4 Å². The van der Waals surface area contributed by atoms with Crippen molar-refractivity contribution in [3.63, 3.8) is 0 Å². The van der Waals surface area contributed by atoms with Crippen LogP contribution in [0.2, 0.25) is 5.02 Å². The summed E-state index contributed by atoms with van der Waals surface area (Å²) < 4.78 is 22.5. The topological polar surface area (TPSA) is 88.1 Å². The molecule has 34 heavy (non-hydrogen) atoms. The number of rotatable bonds is 6. The van der Waals surface area contributed by atoms with Gasteiger partial charge in [0.2, 0.25) is 0 Å². The number of imidazole rings is 1. The van der Waals surface area contributed by atoms with Crippen molar-refractivity contribution >= 4 is 50.3 Å². The Morgan fingerprint density at radius 1 is 1.18 bits per heavy atom. The van der Waals surface area contributed by atoms with E-state index in [0.29, 0.717) is 65.2 Å². The van der Waals surface area contributed by atoms with Crippen LogP contribution in [0.25, 0.3) is 23.3 Å². The van der Waals surface area contributed by atoms with Gasteiger partial charge in [-0.1, -0.05) is 23.7 Å². The molecule has 0 spiro atoms. The highest BCUT2D eigenvalue weighted by atomic mass is 35.5. The molecule has 4 rings (SSSR count). The van der Waals surface area contributed by atoms with Gasteiger partial charge < -0.3 is 9.30 Å². The third-order valence-corrected chi connectivity index (χ3v) is 8.46. The van der Waals surface area contributed by atoms with E-state index in [1.54, 1.807) is 30.7 Å². The van der Waals surface area contributed by atoms with Crippen LogP contribution in [-0.2, 0) is 29.7 Å². The van der Waals surface area contributed by atoms with Crippen molar-refractivity contribution in [2.24, 2.45) is 7.05 Å². The van der Waals surface area contributed by atoms with Gasteiger partial charge in [-0.3, -0.25) is 18.1 Å². The highest BCUT2D eigenvalue weighted by Crippen LogP contribution is 2.29. The van der Waals surface area contributed by atoms with E-state index < -0.39 is 9.52 Å². The van der Waals surface area contributed by atoms with Gasteiger partial charge >= 0.3 is 5.69 Å². The summed E-state index contributed by atoms with van der Waals surface area (Å²) in [6.07, 6.45) is 5.03. The lowest BCUT2D eigenvalue weighted by atomic mass is 10.2. The smallest absolute Gasteiger partial charge is 0.332 e. The fourth-order valence-corrected chi connectivity index (χ4v) is 6.04. The van der Waals surface area contributed by atoms with Crippen molar-refractivity contribution in [2.75, 3.05) is 11.5 Å². The number of ether oxygens (including phenoxy) is 1. The first-order chi connectivity index (χ1) is 16.1. The third-order valence-electron chi connectivity index (χ3n) is 6.21. The second-order valence-electron chi connectivity index (χ2n) is 8.49. The van der Waals surface area contributed by atoms with Crippen molar-refractivity contribution in [2.45, 2.75) is 45.9 Å². The van der Waals surface area contributed by atoms with E-state index in [9.17, 15) is 13.8 Å². The summed E-state index contributed by atoms with van der Waals surface area (Å²) in [7, 11) is -0.192. The SMILES string of the molecule is C=S1(=O)CCC(Oc2ccc(/C=C/c3nc4c(c(=O)n(CC)c(=O)n4CC)n3C)cc2Cl)CC1. The Kier molecular flexibility index (Phi) is 6.78. The van der Waals surface area contributed by atoms with E-state index in [1.165, 1.54) is 9.13 Å². The van der Waals surface area contributed by atoms with Crippen molar-refractivity contribution < 1.29 is 8.95 Å². The van der Waals surface area contributed by atoms with Gasteiger partial charge in [0, 0.05) is 31.6 Å². The number of aromatic nitrogens is 4. The largest absolute Gasteiger partial charge is 0.489 e. The summed E-state index contributed by atoms with van der Waals surface area (Å²) in [6.45, 7) is 4.34. The van der Waals surface area contributed by atoms with E-state index in [0.717, 1.165) is 5.56 Å². The minimum Gasteiger partial charge on any atom is -0.489 e. The molecule has 0 radical (unpaired) electrons. The van der Waals surface area contributed by atoms with Gasteiger partial charge in [-0.15, -0.1) is 0 Å². The van der Waals surface area contributed by atoms with E-state index >= 15 is 0 Å². The highest BCUT2D eigenvalue weighted by molar-refractivity contribution is 8.00. The Morgan fingerprint density at radius 2 is 1.85 bits per heavy atom. The molecular weight excluding hydrogens is 476 g/mol. The van der Waals surface area contributed by atoms with E-state index in [1.807, 2.05) is 25.1 Å². The lowest BCUT2D eigenvalue weighted by Gasteiger charge is -2.25. The lowest BCUT2D eigenvalue weighted by molar-refractivity contribution is 0.191. The summed E-state index contributed by atoms with van der Waals surface area (Å²) in [6, 6.07) is 5.51. The summed E-state index contributed by atoms with van der Waals surface area (Å²) in [5.41, 5.74) is 0.915. The van der Waals surface area contributed by atoms with Gasteiger partial charge in [-0.25, -0.2) is 9.78 Å². The molecular formula is C24H29ClN4O4S. The number of benzene rings is 1. The summed E-state index contributed by atoms with van der Waals surface area (Å²) in [5.74, 6) is 6.08. The fourth-order valence-electron chi connectivity index (χ4n) is 4.22. The Labute approximate surface area is 203 Å². The number of hydrogen-bond acceptors (Lipinski definition) is 5. The average molecular weight is 505 g/mol. The zero-order valence-electron chi connectivity index (χ0n) is 19.6. The van der Waals surface area contributed by atoms with Gasteiger partial charge in [0.05, 0.1) is 5.02 Å². The van der Waals surface area contributed by atoms with Crippen molar-refractivity contribution in [1.82, 2.24) is 18.7 Å². The maximum atomic E-state index is 12.9. The van der Waals surface area contributed by atoms with E-state index in [2.05, 4.69) is 10.9 Å². The summed E-state index contributed by atoms with van der Waals surface area (Å²) >= 11 is 6.46. The monoisotopic (exact) mass is 504 g/mol. The zero-order valence-corrected chi connectivity index (χ0v) is 21.2. The van der Waals surface area contributed by atoms with Crippen LogP contribution in [0.3, 0.4) is 0 Å². The van der Waals surface area contributed by atoms with E-state index in [-0.39, 0.29) is 17.4 Å². The van der Waals surface area contributed by atoms with Gasteiger partial charge in [-0.05, 0) is 65.9 Å². The molecule has 3 heterocycles. The Bertz CT molecular complexity index is 1480. The second-order valence-corrected chi connectivity index (χ2v) is 11.6. The van der Waals surface area contributed by atoms with E-state index in [4.69, 9.17) is 16.3 Å². The van der Waals surface area contributed by atoms with Crippen LogP contribution in [0.15, 0.2) is 27.8 Å². The Hall–Kier alpha value is -2.78. The van der Waals surface area contributed by atoms with Crippen LogP contribution >= 0.6 is 11.6 Å². The molecule has 1 aliphatic heterocycles. The molecule has 182 valence electrons. The minimum absolute atomic E-state index is 0.0152. The van der Waals surface area contributed by atoms with Crippen molar-refractivity contribution in [3.8, 4) is 5.75 Å². The fraction of sp³-hybridized carbons (Fsp3) is 0.417. The van der Waals surface area contributed by atoms with Crippen molar-refractivity contribution in [1.29, 1.82) is 0 Å². The predicted molar refractivity (Wildman–Crippen MR) is 140 cm³/mol. The molecule has 0 aliphatic carbocycles. The molecule has 0 atom stereocenters. The number of hydrogen-bond donors (Lipinski definition) is 0. The molecule has 3 aromatic rings. The molecule has 1 aromatic carbocycles. The first kappa shape index (κ1) is 24.3. The molecule has 10 heteroatoms. The van der Waals surface area contributed by atoms with Crippen LogP contribution in [0.1, 0.15) is 38.1 Å². The van der Waals surface area contributed by atoms with Crippen LogP contribution in [0.5, 0.6) is 5.75 Å². The molecule has 1 fully saturated rings. The third kappa shape index (κ3) is 4.59. The second kappa shape index (κ2) is 9.46. The molecule has 0 N–H and O–H groups in total. The molecule has 0 unspecified atom stereocenters. The van der Waals surface area contributed by atoms with Crippen molar-refractivity contribution in [3.05, 3.63) is 55.4 Å². The molecule has 0 bridgehead atoms. The Morgan fingerprint density at radius 3 is 2.47 bits per heavy atom. The molecule has 8 nitrogen and oxygen atoms in total. The molecule has 1 saturated heterocycles. The average Bonchev–Trinajstić information content (AvgIpc) is 3.12. The number of halogens is 1. The van der Waals surface area contributed by atoms with Gasteiger partial charge in [0.25, 0.3) is 5.56 Å². The number of fused-ring (bicyclic) bond motifs is 1. The van der Waals surface area contributed by atoms with Crippen LogP contribution in [0.4, 0.5) is 0 Å². The number of aryl methyl sites for hydroxylation is 2. The normalized spacial score (nSPS) is 20.9. The summed E-state index contributed by atoms with van der Waals surface area (Å²) in [5, 5.41) is 0.485. The predicted octanol–water partition coefficient (Wildman–Crippen LogP) is 3.02. The van der Waals surface area contributed by atoms with Gasteiger partial charge in [0.15, 0.2) is 11.2 Å². The summed E-state index contributed by atoms with van der Waals surface area (Å²) in [4.78, 5) is 30.0. The minimum atomic E-state index is -1.96. The quantitative estimate of drug-likeness (QED) is 0.481. The molecule has 2 aromatic heterocycles. The first-order valence-electron chi connectivity index (χ1n) is 11.3. The lowest BCUT2D eigenvalue weighted by Crippen LogP contribution is -2.39. The number of nitrogens with zero attached hydrogens (tertiary/aromatic N) is 4.